The van der Waals surface area contributed by atoms with Gasteiger partial charge in [0.2, 0.25) is 0 Å². The van der Waals surface area contributed by atoms with E-state index >= 15 is 0 Å². The van der Waals surface area contributed by atoms with Crippen molar-refractivity contribution in [2.45, 2.75) is 39.5 Å². The zero-order chi connectivity index (χ0) is 9.68. The van der Waals surface area contributed by atoms with Crippen molar-refractivity contribution in [3.8, 4) is 0 Å². The third kappa shape index (κ3) is 3.22. The Hall–Kier alpha value is -0.780. The molecule has 0 spiro atoms. The van der Waals surface area contributed by atoms with Crippen molar-refractivity contribution in [2.75, 3.05) is 0 Å². The van der Waals surface area contributed by atoms with Crippen LogP contribution in [0.25, 0.3) is 0 Å². The Balaban J connectivity index is 2.41. The highest BCUT2D eigenvalue weighted by molar-refractivity contribution is 5.27. The van der Waals surface area contributed by atoms with Gasteiger partial charge >= 0.3 is 0 Å². The van der Waals surface area contributed by atoms with E-state index in [0.717, 1.165) is 5.92 Å². The van der Waals surface area contributed by atoms with Crippen molar-refractivity contribution in [3.63, 3.8) is 0 Å². The van der Waals surface area contributed by atoms with Gasteiger partial charge in [0.25, 0.3) is 0 Å². The maximum atomic E-state index is 3.98. The van der Waals surface area contributed by atoms with Gasteiger partial charge in [-0.25, -0.2) is 0 Å². The van der Waals surface area contributed by atoms with E-state index in [0.29, 0.717) is 0 Å². The molecule has 0 bridgehead atoms. The van der Waals surface area contributed by atoms with E-state index in [-0.39, 0.29) is 0 Å². The van der Waals surface area contributed by atoms with Gasteiger partial charge in [-0.1, -0.05) is 30.4 Å². The van der Waals surface area contributed by atoms with Crippen LogP contribution in [0.3, 0.4) is 0 Å². The van der Waals surface area contributed by atoms with Gasteiger partial charge in [0.1, 0.15) is 0 Å². The molecule has 0 N–H and O–H groups in total. The molecule has 0 saturated heterocycles. The van der Waals surface area contributed by atoms with Gasteiger partial charge in [0.05, 0.1) is 0 Å². The minimum Gasteiger partial charge on any atom is -0.0958 e. The Morgan fingerprint density at radius 1 is 1.69 bits per heavy atom. The smallest absolute Gasteiger partial charge is 0.0277 e. The Labute approximate surface area is 82.0 Å². The lowest BCUT2D eigenvalue weighted by Crippen LogP contribution is -2.05. The van der Waals surface area contributed by atoms with Gasteiger partial charge in [-0.15, -0.1) is 0 Å². The van der Waals surface area contributed by atoms with Gasteiger partial charge in [0.15, 0.2) is 0 Å². The van der Waals surface area contributed by atoms with Crippen LogP contribution in [0.15, 0.2) is 36.0 Å². The van der Waals surface area contributed by atoms with Gasteiger partial charge in [0, 0.05) is 0 Å². The number of hydrogen-bond donors (Lipinski definition) is 0. The number of rotatable bonds is 3. The zero-order valence-corrected chi connectivity index (χ0v) is 8.84. The third-order valence-corrected chi connectivity index (χ3v) is 2.77. The fourth-order valence-electron chi connectivity index (χ4n) is 1.82. The molecule has 72 valence electrons. The number of hydrogen-bond acceptors (Lipinski definition) is 0. The summed E-state index contributed by atoms with van der Waals surface area (Å²) in [4.78, 5) is 0. The van der Waals surface area contributed by atoms with Crippen LogP contribution in [0.4, 0.5) is 0 Å². The average Bonchev–Trinajstić information content (AvgIpc) is 2.15. The van der Waals surface area contributed by atoms with Crippen molar-refractivity contribution >= 4 is 0 Å². The van der Waals surface area contributed by atoms with Crippen LogP contribution in [-0.2, 0) is 0 Å². The van der Waals surface area contributed by atoms with E-state index in [2.05, 4.69) is 38.7 Å². The van der Waals surface area contributed by atoms with Gasteiger partial charge < -0.3 is 0 Å². The first kappa shape index (κ1) is 10.3. The summed E-state index contributed by atoms with van der Waals surface area (Å²) >= 11 is 0. The van der Waals surface area contributed by atoms with E-state index in [1.54, 1.807) is 0 Å². The lowest BCUT2D eigenvalue weighted by Gasteiger charge is -2.20. The Bertz CT molecular complexity index is 230. The predicted octanol–water partition coefficient (Wildman–Crippen LogP) is 4.26. The second-order valence-electron chi connectivity index (χ2n) is 3.95. The maximum Gasteiger partial charge on any atom is -0.0277 e. The highest BCUT2D eigenvalue weighted by Crippen LogP contribution is 2.29. The minimum atomic E-state index is 0.874. The van der Waals surface area contributed by atoms with E-state index in [1.165, 1.54) is 36.8 Å². The molecule has 0 saturated carbocycles. The summed E-state index contributed by atoms with van der Waals surface area (Å²) in [6.45, 7) is 8.19. The van der Waals surface area contributed by atoms with Crippen molar-refractivity contribution < 1.29 is 0 Å². The maximum absolute atomic E-state index is 3.98. The molecule has 0 aromatic rings. The van der Waals surface area contributed by atoms with Crippen LogP contribution < -0.4 is 0 Å². The summed E-state index contributed by atoms with van der Waals surface area (Å²) in [5.74, 6) is 0.874. The molecule has 1 aliphatic rings. The molecule has 1 atom stereocenters. The van der Waals surface area contributed by atoms with E-state index in [4.69, 9.17) is 0 Å². The molecule has 1 aliphatic carbocycles. The van der Waals surface area contributed by atoms with Crippen LogP contribution in [0, 0.1) is 5.92 Å². The summed E-state index contributed by atoms with van der Waals surface area (Å²) < 4.78 is 0. The SMILES string of the molecule is C=C(C)C1=CCC(CC=CC)CC1. The first-order valence-electron chi connectivity index (χ1n) is 5.20. The zero-order valence-electron chi connectivity index (χ0n) is 8.84. The van der Waals surface area contributed by atoms with E-state index < -0.39 is 0 Å². The molecule has 1 rings (SSSR count). The summed E-state index contributed by atoms with van der Waals surface area (Å²) in [5, 5.41) is 0. The monoisotopic (exact) mass is 176 g/mol. The lowest BCUT2D eigenvalue weighted by atomic mass is 9.85. The average molecular weight is 176 g/mol. The molecule has 0 fully saturated rings. The molecule has 1 unspecified atom stereocenters. The lowest BCUT2D eigenvalue weighted by molar-refractivity contribution is 0.477. The molecular formula is C13H20. The van der Waals surface area contributed by atoms with Crippen molar-refractivity contribution in [2.24, 2.45) is 5.92 Å². The number of allylic oxidation sites excluding steroid dienone is 5. The molecule has 0 aromatic heterocycles. The topological polar surface area (TPSA) is 0 Å². The molecule has 0 nitrogen and oxygen atoms in total. The summed E-state index contributed by atoms with van der Waals surface area (Å²) in [6, 6.07) is 0. The van der Waals surface area contributed by atoms with Gasteiger partial charge in [-0.05, 0) is 51.0 Å². The molecule has 13 heavy (non-hydrogen) atoms. The van der Waals surface area contributed by atoms with Crippen molar-refractivity contribution in [1.82, 2.24) is 0 Å². The standard InChI is InChI=1S/C13H20/c1-4-5-6-12-7-9-13(10-8-12)11(2)3/h4-5,9,12H,2,6-8,10H2,1,3H3. The highest BCUT2D eigenvalue weighted by atomic mass is 14.2. The molecule has 0 heterocycles. The van der Waals surface area contributed by atoms with Crippen LogP contribution in [-0.4, -0.2) is 0 Å². The Morgan fingerprint density at radius 2 is 2.46 bits per heavy atom. The third-order valence-electron chi connectivity index (χ3n) is 2.77. The van der Waals surface area contributed by atoms with Gasteiger partial charge in [-0.3, -0.25) is 0 Å². The van der Waals surface area contributed by atoms with Crippen molar-refractivity contribution in [3.05, 3.63) is 36.0 Å². The normalized spacial score (nSPS) is 23.2. The second-order valence-corrected chi connectivity index (χ2v) is 3.95. The minimum absolute atomic E-state index is 0.874. The van der Waals surface area contributed by atoms with Crippen LogP contribution in [0.5, 0.6) is 0 Å². The molecule has 0 aliphatic heterocycles. The van der Waals surface area contributed by atoms with Crippen LogP contribution in [0.2, 0.25) is 0 Å². The Kier molecular flexibility index (Phi) is 4.01. The molecule has 0 heteroatoms. The first-order chi connectivity index (χ1) is 6.24. The van der Waals surface area contributed by atoms with E-state index in [9.17, 15) is 0 Å². The molecule has 0 amide bonds. The highest BCUT2D eigenvalue weighted by Gasteiger charge is 2.12. The van der Waals surface area contributed by atoms with Gasteiger partial charge in [-0.2, -0.15) is 0 Å². The van der Waals surface area contributed by atoms with Crippen molar-refractivity contribution in [1.29, 1.82) is 0 Å². The van der Waals surface area contributed by atoms with E-state index in [1.807, 2.05) is 0 Å². The predicted molar refractivity (Wildman–Crippen MR) is 59.7 cm³/mol. The van der Waals surface area contributed by atoms with Crippen LogP contribution in [0.1, 0.15) is 39.5 Å². The molecule has 0 aromatic carbocycles. The quantitative estimate of drug-likeness (QED) is 0.564. The molecular weight excluding hydrogens is 156 g/mol. The summed E-state index contributed by atoms with van der Waals surface area (Å²) in [5.41, 5.74) is 2.74. The fraction of sp³-hybridized carbons (Fsp3) is 0.538. The fourth-order valence-corrected chi connectivity index (χ4v) is 1.82. The largest absolute Gasteiger partial charge is 0.0958 e. The second kappa shape index (κ2) is 5.06. The summed E-state index contributed by atoms with van der Waals surface area (Å²) in [6.07, 6.45) is 11.9. The Morgan fingerprint density at radius 3 is 2.92 bits per heavy atom. The first-order valence-corrected chi connectivity index (χ1v) is 5.20. The van der Waals surface area contributed by atoms with Crippen LogP contribution >= 0.6 is 0 Å². The molecule has 0 radical (unpaired) electrons. The summed E-state index contributed by atoms with van der Waals surface area (Å²) in [7, 11) is 0.